The number of guanidine groups is 1. The van der Waals surface area contributed by atoms with Gasteiger partial charge in [0.15, 0.2) is 5.96 Å². The molecule has 1 saturated carbocycles. The van der Waals surface area contributed by atoms with E-state index in [0.29, 0.717) is 12.0 Å². The van der Waals surface area contributed by atoms with Crippen molar-refractivity contribution in [1.82, 2.24) is 15.8 Å². The number of hydrogen-bond acceptors (Lipinski definition) is 3. The number of aromatic nitrogens is 1. The van der Waals surface area contributed by atoms with Gasteiger partial charge in [0, 0.05) is 18.7 Å². The maximum Gasteiger partial charge on any atom is 0.191 e. The second-order valence-electron chi connectivity index (χ2n) is 6.37. The summed E-state index contributed by atoms with van der Waals surface area (Å²) < 4.78 is 5.18. The highest BCUT2D eigenvalue weighted by Crippen LogP contribution is 2.36. The molecule has 0 bridgehead atoms. The Labute approximate surface area is 127 Å². The molecule has 1 aliphatic carbocycles. The molecule has 5 heteroatoms. The number of rotatable bonds is 5. The van der Waals surface area contributed by atoms with Gasteiger partial charge in [0.2, 0.25) is 0 Å². The Kier molecular flexibility index (Phi) is 5.26. The lowest BCUT2D eigenvalue weighted by Gasteiger charge is -2.25. The predicted octanol–water partition coefficient (Wildman–Crippen LogP) is 2.93. The van der Waals surface area contributed by atoms with Gasteiger partial charge in [0.05, 0.1) is 12.2 Å². The topological polar surface area (TPSA) is 62.5 Å². The fourth-order valence-electron chi connectivity index (χ4n) is 2.93. The first-order valence-electron chi connectivity index (χ1n) is 7.98. The average Bonchev–Trinajstić information content (AvgIpc) is 3.02. The van der Waals surface area contributed by atoms with E-state index in [4.69, 9.17) is 4.52 Å². The van der Waals surface area contributed by atoms with Gasteiger partial charge in [-0.1, -0.05) is 24.9 Å². The summed E-state index contributed by atoms with van der Waals surface area (Å²) in [7, 11) is 0. The zero-order valence-corrected chi connectivity index (χ0v) is 13.8. The SMILES string of the molecule is CCNC(=NCc1c(C)noc1C)NCC1(C)CCCC1. The van der Waals surface area contributed by atoms with E-state index in [1.165, 1.54) is 25.7 Å². The number of aliphatic imine (C=N–C) groups is 1. The van der Waals surface area contributed by atoms with Gasteiger partial charge in [-0.25, -0.2) is 4.99 Å². The van der Waals surface area contributed by atoms with Gasteiger partial charge in [-0.3, -0.25) is 0 Å². The van der Waals surface area contributed by atoms with Gasteiger partial charge < -0.3 is 15.2 Å². The molecule has 1 aromatic rings. The Morgan fingerprint density at radius 3 is 2.57 bits per heavy atom. The van der Waals surface area contributed by atoms with Crippen molar-refractivity contribution in [3.63, 3.8) is 0 Å². The van der Waals surface area contributed by atoms with E-state index < -0.39 is 0 Å². The molecule has 0 unspecified atom stereocenters. The second kappa shape index (κ2) is 6.96. The Bertz CT molecular complexity index is 467. The molecule has 0 aliphatic heterocycles. The molecule has 21 heavy (non-hydrogen) atoms. The minimum Gasteiger partial charge on any atom is -0.361 e. The van der Waals surface area contributed by atoms with Crippen molar-refractivity contribution >= 4 is 5.96 Å². The van der Waals surface area contributed by atoms with Crippen LogP contribution in [0.25, 0.3) is 0 Å². The van der Waals surface area contributed by atoms with Crippen LogP contribution in [0.4, 0.5) is 0 Å². The van der Waals surface area contributed by atoms with Crippen molar-refractivity contribution in [2.24, 2.45) is 10.4 Å². The van der Waals surface area contributed by atoms with E-state index >= 15 is 0 Å². The van der Waals surface area contributed by atoms with Gasteiger partial charge in [-0.05, 0) is 39.0 Å². The van der Waals surface area contributed by atoms with Gasteiger partial charge >= 0.3 is 0 Å². The molecule has 1 aromatic heterocycles. The van der Waals surface area contributed by atoms with Crippen LogP contribution in [0, 0.1) is 19.3 Å². The number of hydrogen-bond donors (Lipinski definition) is 2. The number of nitrogens with one attached hydrogen (secondary N) is 2. The Morgan fingerprint density at radius 1 is 1.29 bits per heavy atom. The second-order valence-corrected chi connectivity index (χ2v) is 6.37. The quantitative estimate of drug-likeness (QED) is 0.647. The summed E-state index contributed by atoms with van der Waals surface area (Å²) in [6.45, 7) is 10.8. The molecule has 2 N–H and O–H groups in total. The lowest BCUT2D eigenvalue weighted by Crippen LogP contribution is -2.42. The third kappa shape index (κ3) is 4.22. The highest BCUT2D eigenvalue weighted by Gasteiger charge is 2.28. The summed E-state index contributed by atoms with van der Waals surface area (Å²) in [4.78, 5) is 4.66. The normalized spacial score (nSPS) is 18.0. The van der Waals surface area contributed by atoms with Gasteiger partial charge in [-0.15, -0.1) is 0 Å². The summed E-state index contributed by atoms with van der Waals surface area (Å²) in [6, 6.07) is 0. The van der Waals surface area contributed by atoms with Crippen LogP contribution in [-0.2, 0) is 6.54 Å². The molecule has 1 aliphatic rings. The molecule has 5 nitrogen and oxygen atoms in total. The first-order valence-corrected chi connectivity index (χ1v) is 7.98. The van der Waals surface area contributed by atoms with E-state index in [0.717, 1.165) is 36.1 Å². The van der Waals surface area contributed by atoms with Crippen LogP contribution in [0.2, 0.25) is 0 Å². The molecule has 0 saturated heterocycles. The molecular formula is C16H28N4O. The van der Waals surface area contributed by atoms with E-state index in [-0.39, 0.29) is 0 Å². The Morgan fingerprint density at radius 2 is 2.00 bits per heavy atom. The first kappa shape index (κ1) is 15.9. The standard InChI is InChI=1S/C16H28N4O/c1-5-17-15(19-11-16(4)8-6-7-9-16)18-10-14-12(2)20-21-13(14)3/h5-11H2,1-4H3,(H2,17,18,19). The lowest BCUT2D eigenvalue weighted by atomic mass is 9.89. The van der Waals surface area contributed by atoms with Gasteiger partial charge in [0.25, 0.3) is 0 Å². The smallest absolute Gasteiger partial charge is 0.191 e. The van der Waals surface area contributed by atoms with Crippen molar-refractivity contribution in [3.8, 4) is 0 Å². The van der Waals surface area contributed by atoms with Gasteiger partial charge in [0.1, 0.15) is 5.76 Å². The first-order chi connectivity index (χ1) is 10.0. The minimum atomic E-state index is 0.416. The number of aryl methyl sites for hydroxylation is 2. The molecule has 2 rings (SSSR count). The zero-order valence-electron chi connectivity index (χ0n) is 13.8. The summed E-state index contributed by atoms with van der Waals surface area (Å²) in [6.07, 6.45) is 5.32. The fraction of sp³-hybridized carbons (Fsp3) is 0.750. The van der Waals surface area contributed by atoms with Crippen LogP contribution < -0.4 is 10.6 Å². The van der Waals surface area contributed by atoms with Crippen LogP contribution >= 0.6 is 0 Å². The third-order valence-corrected chi connectivity index (χ3v) is 4.41. The molecular weight excluding hydrogens is 264 g/mol. The molecule has 1 fully saturated rings. The van der Waals surface area contributed by atoms with Crippen molar-refractivity contribution in [2.45, 2.75) is 59.9 Å². The van der Waals surface area contributed by atoms with Crippen LogP contribution in [0.15, 0.2) is 9.52 Å². The van der Waals surface area contributed by atoms with Crippen LogP contribution in [0.1, 0.15) is 56.5 Å². The highest BCUT2D eigenvalue weighted by molar-refractivity contribution is 5.79. The third-order valence-electron chi connectivity index (χ3n) is 4.41. The van der Waals surface area contributed by atoms with Crippen LogP contribution in [-0.4, -0.2) is 24.2 Å². The molecule has 1 heterocycles. The monoisotopic (exact) mass is 292 g/mol. The summed E-state index contributed by atoms with van der Waals surface area (Å²) in [5.74, 6) is 1.74. The summed E-state index contributed by atoms with van der Waals surface area (Å²) in [5, 5.41) is 10.8. The van der Waals surface area contributed by atoms with E-state index in [1.54, 1.807) is 0 Å². The molecule has 0 amide bonds. The highest BCUT2D eigenvalue weighted by atomic mass is 16.5. The van der Waals surface area contributed by atoms with Gasteiger partial charge in [-0.2, -0.15) is 0 Å². The van der Waals surface area contributed by atoms with E-state index in [2.05, 4.69) is 34.6 Å². The minimum absolute atomic E-state index is 0.416. The number of nitrogens with zero attached hydrogens (tertiary/aromatic N) is 2. The maximum absolute atomic E-state index is 5.18. The largest absolute Gasteiger partial charge is 0.361 e. The summed E-state index contributed by atoms with van der Waals surface area (Å²) >= 11 is 0. The Hall–Kier alpha value is -1.52. The Balaban J connectivity index is 1.96. The van der Waals surface area contributed by atoms with Crippen LogP contribution in [0.3, 0.4) is 0 Å². The molecule has 0 spiro atoms. The van der Waals surface area contributed by atoms with Crippen molar-refractivity contribution in [1.29, 1.82) is 0 Å². The molecule has 118 valence electrons. The van der Waals surface area contributed by atoms with Crippen molar-refractivity contribution in [2.75, 3.05) is 13.1 Å². The van der Waals surface area contributed by atoms with Crippen LogP contribution in [0.5, 0.6) is 0 Å². The fourth-order valence-corrected chi connectivity index (χ4v) is 2.93. The van der Waals surface area contributed by atoms with Crippen molar-refractivity contribution in [3.05, 3.63) is 17.0 Å². The zero-order chi connectivity index (χ0) is 15.3. The molecule has 0 radical (unpaired) electrons. The lowest BCUT2D eigenvalue weighted by molar-refractivity contribution is 0.334. The summed E-state index contributed by atoms with van der Waals surface area (Å²) in [5.41, 5.74) is 2.42. The molecule has 0 atom stereocenters. The maximum atomic E-state index is 5.18. The predicted molar refractivity (Wildman–Crippen MR) is 85.4 cm³/mol. The van der Waals surface area contributed by atoms with E-state index in [9.17, 15) is 0 Å². The average molecular weight is 292 g/mol. The van der Waals surface area contributed by atoms with Crippen molar-refractivity contribution < 1.29 is 4.52 Å². The van der Waals surface area contributed by atoms with E-state index in [1.807, 2.05) is 13.8 Å². The molecule has 0 aromatic carbocycles.